The summed E-state index contributed by atoms with van der Waals surface area (Å²) < 4.78 is 0. The van der Waals surface area contributed by atoms with Gasteiger partial charge in [0.1, 0.15) is 11.4 Å². The van der Waals surface area contributed by atoms with E-state index in [1.165, 1.54) is 0 Å². The van der Waals surface area contributed by atoms with Crippen molar-refractivity contribution >= 4 is 22.7 Å². The lowest BCUT2D eigenvalue weighted by Crippen LogP contribution is -2.59. The minimum absolute atomic E-state index is 0.0838. The number of benzene rings is 1. The molecule has 2 aliphatic rings. The molecule has 0 spiro atoms. The number of rotatable bonds is 5. The van der Waals surface area contributed by atoms with E-state index in [9.17, 15) is 9.90 Å². The standard InChI is InChI=1S/C24H30N6O2/c1-24(2,32)19-11-13-30(19)23-28-21(26-16-7-5-12-25-14-16)20(22(31)29-23)18-10-9-15-6-3-4-8-17(15)27-18/h3-4,6,8-10,16,19,25,32H,5,7,11-14H2,1-2H3,(H2,26,28,29,31)/t16-,19?/m1/s1. The van der Waals surface area contributed by atoms with Gasteiger partial charge < -0.3 is 20.6 Å². The van der Waals surface area contributed by atoms with Crippen LogP contribution in [0, 0.1) is 0 Å². The van der Waals surface area contributed by atoms with Crippen LogP contribution in [0.5, 0.6) is 0 Å². The molecule has 2 aromatic heterocycles. The lowest BCUT2D eigenvalue weighted by molar-refractivity contribution is 0.0286. The van der Waals surface area contributed by atoms with Crippen molar-refractivity contribution < 1.29 is 5.11 Å². The van der Waals surface area contributed by atoms with Crippen molar-refractivity contribution in [3.05, 3.63) is 46.8 Å². The Morgan fingerprint density at radius 2 is 2.00 bits per heavy atom. The van der Waals surface area contributed by atoms with E-state index in [4.69, 9.17) is 9.97 Å². The molecular formula is C24H30N6O2. The summed E-state index contributed by atoms with van der Waals surface area (Å²) in [7, 11) is 0. The maximum absolute atomic E-state index is 13.4. The largest absolute Gasteiger partial charge is 0.388 e. The summed E-state index contributed by atoms with van der Waals surface area (Å²) in [5.74, 6) is 1.03. The van der Waals surface area contributed by atoms with Gasteiger partial charge in [0.2, 0.25) is 5.95 Å². The lowest BCUT2D eigenvalue weighted by atomic mass is 9.88. The fraction of sp³-hybridized carbons (Fsp3) is 0.458. The third kappa shape index (κ3) is 3.96. The number of nitrogens with zero attached hydrogens (tertiary/aromatic N) is 3. The molecule has 2 saturated heterocycles. The number of anilines is 2. The summed E-state index contributed by atoms with van der Waals surface area (Å²) in [6.07, 6.45) is 2.94. The van der Waals surface area contributed by atoms with E-state index >= 15 is 0 Å². The molecule has 0 amide bonds. The third-order valence-corrected chi connectivity index (χ3v) is 6.51. The number of nitrogens with one attached hydrogen (secondary N) is 3. The Bertz CT molecular complexity index is 1180. The topological polar surface area (TPSA) is 106 Å². The minimum atomic E-state index is -0.879. The van der Waals surface area contributed by atoms with Crippen molar-refractivity contribution in [2.45, 2.75) is 50.8 Å². The number of piperidine rings is 1. The second-order valence-electron chi connectivity index (χ2n) is 9.34. The molecule has 8 heteroatoms. The first-order valence-corrected chi connectivity index (χ1v) is 11.4. The second kappa shape index (κ2) is 8.18. The van der Waals surface area contributed by atoms with E-state index in [0.29, 0.717) is 23.0 Å². The maximum atomic E-state index is 13.4. The number of aliphatic hydroxyl groups is 1. The first-order valence-electron chi connectivity index (χ1n) is 11.4. The Hall–Kier alpha value is -2.97. The molecule has 1 aromatic carbocycles. The van der Waals surface area contributed by atoms with Crippen LogP contribution in [-0.2, 0) is 0 Å². The first kappa shape index (κ1) is 20.9. The van der Waals surface area contributed by atoms with Crippen LogP contribution >= 0.6 is 0 Å². The highest BCUT2D eigenvalue weighted by Gasteiger charge is 2.40. The number of hydrogen-bond acceptors (Lipinski definition) is 7. The molecule has 5 rings (SSSR count). The summed E-state index contributed by atoms with van der Waals surface area (Å²) in [5, 5.41) is 18.4. The molecule has 0 bridgehead atoms. The van der Waals surface area contributed by atoms with Crippen molar-refractivity contribution in [1.29, 1.82) is 0 Å². The van der Waals surface area contributed by atoms with Crippen LogP contribution in [0.2, 0.25) is 0 Å². The van der Waals surface area contributed by atoms with E-state index in [0.717, 1.165) is 49.8 Å². The average molecular weight is 435 g/mol. The van der Waals surface area contributed by atoms with Crippen LogP contribution < -0.4 is 21.1 Å². The lowest BCUT2D eigenvalue weighted by Gasteiger charge is -2.47. The van der Waals surface area contributed by atoms with E-state index < -0.39 is 5.60 Å². The zero-order chi connectivity index (χ0) is 22.3. The van der Waals surface area contributed by atoms with E-state index in [2.05, 4.69) is 15.6 Å². The molecule has 2 aliphatic heterocycles. The Morgan fingerprint density at radius 3 is 2.72 bits per heavy atom. The molecule has 3 aromatic rings. The fourth-order valence-corrected chi connectivity index (χ4v) is 4.69. The molecule has 0 radical (unpaired) electrons. The van der Waals surface area contributed by atoms with Crippen molar-refractivity contribution in [2.75, 3.05) is 29.9 Å². The number of pyridine rings is 1. The van der Waals surface area contributed by atoms with E-state index in [1.807, 2.05) is 41.3 Å². The van der Waals surface area contributed by atoms with Crippen LogP contribution in [0.25, 0.3) is 22.2 Å². The Balaban J connectivity index is 1.59. The molecule has 0 saturated carbocycles. The van der Waals surface area contributed by atoms with Crippen LogP contribution in [-0.4, -0.2) is 57.4 Å². The minimum Gasteiger partial charge on any atom is -0.388 e. The maximum Gasteiger partial charge on any atom is 0.263 e. The van der Waals surface area contributed by atoms with Gasteiger partial charge in [-0.15, -0.1) is 0 Å². The van der Waals surface area contributed by atoms with Gasteiger partial charge in [-0.25, -0.2) is 4.98 Å². The van der Waals surface area contributed by atoms with Crippen molar-refractivity contribution in [3.63, 3.8) is 0 Å². The third-order valence-electron chi connectivity index (χ3n) is 6.51. The molecule has 2 atom stereocenters. The van der Waals surface area contributed by atoms with Crippen LogP contribution in [0.1, 0.15) is 33.1 Å². The van der Waals surface area contributed by atoms with Gasteiger partial charge in [0.15, 0.2) is 0 Å². The van der Waals surface area contributed by atoms with Gasteiger partial charge in [-0.05, 0) is 51.8 Å². The van der Waals surface area contributed by atoms with Crippen molar-refractivity contribution in [3.8, 4) is 11.3 Å². The van der Waals surface area contributed by atoms with E-state index in [-0.39, 0.29) is 17.6 Å². The van der Waals surface area contributed by atoms with Gasteiger partial charge in [-0.1, -0.05) is 24.3 Å². The summed E-state index contributed by atoms with van der Waals surface area (Å²) in [6.45, 7) is 6.16. The average Bonchev–Trinajstić information content (AvgIpc) is 2.72. The van der Waals surface area contributed by atoms with Gasteiger partial charge in [-0.2, -0.15) is 4.98 Å². The summed E-state index contributed by atoms with van der Waals surface area (Å²) >= 11 is 0. The van der Waals surface area contributed by atoms with E-state index in [1.54, 1.807) is 13.8 Å². The Morgan fingerprint density at radius 1 is 1.16 bits per heavy atom. The quantitative estimate of drug-likeness (QED) is 0.489. The molecule has 1 unspecified atom stereocenters. The zero-order valence-electron chi connectivity index (χ0n) is 18.6. The van der Waals surface area contributed by atoms with Gasteiger partial charge in [-0.3, -0.25) is 9.78 Å². The monoisotopic (exact) mass is 434 g/mol. The number of aromatic amines is 1. The highest BCUT2D eigenvalue weighted by Crippen LogP contribution is 2.33. The SMILES string of the molecule is CC(C)(O)C1CCN1c1nc(N[C@@H]2CCCNC2)c(-c2ccc3ccccc3n2)c(=O)[nH]1. The highest BCUT2D eigenvalue weighted by molar-refractivity contribution is 5.83. The second-order valence-corrected chi connectivity index (χ2v) is 9.34. The van der Waals surface area contributed by atoms with Crippen molar-refractivity contribution in [1.82, 2.24) is 20.3 Å². The van der Waals surface area contributed by atoms with Gasteiger partial charge in [0.05, 0.1) is 22.9 Å². The number of hydrogen-bond donors (Lipinski definition) is 4. The number of para-hydroxylation sites is 1. The Kier molecular flexibility index (Phi) is 5.35. The highest BCUT2D eigenvalue weighted by atomic mass is 16.3. The van der Waals surface area contributed by atoms with Crippen LogP contribution in [0.3, 0.4) is 0 Å². The van der Waals surface area contributed by atoms with Gasteiger partial charge in [0, 0.05) is 24.5 Å². The number of aromatic nitrogens is 3. The summed E-state index contributed by atoms with van der Waals surface area (Å²) in [4.78, 5) is 27.9. The molecule has 8 nitrogen and oxygen atoms in total. The molecule has 2 fully saturated rings. The molecule has 168 valence electrons. The predicted molar refractivity (Wildman–Crippen MR) is 127 cm³/mol. The normalized spacial score (nSPS) is 21.4. The smallest absolute Gasteiger partial charge is 0.263 e. The fourth-order valence-electron chi connectivity index (χ4n) is 4.69. The molecule has 0 aliphatic carbocycles. The molecule has 32 heavy (non-hydrogen) atoms. The van der Waals surface area contributed by atoms with Crippen LogP contribution in [0.4, 0.5) is 11.8 Å². The first-order chi connectivity index (χ1) is 15.4. The Labute approximate surface area is 187 Å². The summed E-state index contributed by atoms with van der Waals surface area (Å²) in [5.41, 5.74) is 0.772. The van der Waals surface area contributed by atoms with Crippen LogP contribution in [0.15, 0.2) is 41.2 Å². The predicted octanol–water partition coefficient (Wildman–Crippen LogP) is 2.50. The molecule has 4 N–H and O–H groups in total. The number of fused-ring (bicyclic) bond motifs is 1. The van der Waals surface area contributed by atoms with Gasteiger partial charge in [0.25, 0.3) is 5.56 Å². The number of H-pyrrole nitrogens is 1. The van der Waals surface area contributed by atoms with Gasteiger partial charge >= 0.3 is 0 Å². The molecule has 4 heterocycles. The van der Waals surface area contributed by atoms with Crippen molar-refractivity contribution in [2.24, 2.45) is 0 Å². The zero-order valence-corrected chi connectivity index (χ0v) is 18.6. The summed E-state index contributed by atoms with van der Waals surface area (Å²) in [6, 6.07) is 11.8. The molecular weight excluding hydrogens is 404 g/mol.